The van der Waals surface area contributed by atoms with Crippen LogP contribution in [0.1, 0.15) is 19.0 Å². The lowest BCUT2D eigenvalue weighted by Crippen LogP contribution is -2.17. The molecule has 1 aliphatic rings. The van der Waals surface area contributed by atoms with E-state index in [0.717, 1.165) is 12.1 Å². The molecule has 1 aliphatic heterocycles. The normalized spacial score (nSPS) is 22.1. The summed E-state index contributed by atoms with van der Waals surface area (Å²) in [6, 6.07) is 4.41. The lowest BCUT2D eigenvalue weighted by atomic mass is 10.3. The molecule has 1 aromatic heterocycles. The third-order valence-electron chi connectivity index (χ3n) is 2.08. The van der Waals surface area contributed by atoms with Crippen LogP contribution >= 0.6 is 0 Å². The zero-order valence-corrected chi connectivity index (χ0v) is 7.09. The van der Waals surface area contributed by atoms with E-state index in [0.29, 0.717) is 11.9 Å². The molecule has 0 spiro atoms. The Kier molecular flexibility index (Phi) is 1.57. The number of aromatic nitrogens is 1. The van der Waals surface area contributed by atoms with E-state index >= 15 is 0 Å². The van der Waals surface area contributed by atoms with Crippen LogP contribution < -0.4 is 11.1 Å². The number of hydrogen-bond acceptors (Lipinski definition) is 2. The van der Waals surface area contributed by atoms with Gasteiger partial charge in [0, 0.05) is 6.04 Å². The Morgan fingerprint density at radius 1 is 1.50 bits per heavy atom. The summed E-state index contributed by atoms with van der Waals surface area (Å²) in [5.74, 6) is 0.715. The van der Waals surface area contributed by atoms with E-state index in [-0.39, 0.29) is 0 Å². The first-order chi connectivity index (χ1) is 5.75. The highest BCUT2D eigenvalue weighted by Gasteiger charge is 2.12. The SMILES string of the molecule is CC1CC=C(c2ccc(N)[nH]2)N1. The van der Waals surface area contributed by atoms with E-state index in [9.17, 15) is 0 Å². The van der Waals surface area contributed by atoms with E-state index in [2.05, 4.69) is 23.3 Å². The van der Waals surface area contributed by atoms with Crippen molar-refractivity contribution < 1.29 is 0 Å². The van der Waals surface area contributed by atoms with Crippen molar-refractivity contribution in [2.24, 2.45) is 0 Å². The zero-order chi connectivity index (χ0) is 8.55. The molecule has 1 aromatic rings. The van der Waals surface area contributed by atoms with Gasteiger partial charge in [0.05, 0.1) is 11.4 Å². The van der Waals surface area contributed by atoms with Gasteiger partial charge in [0.2, 0.25) is 0 Å². The van der Waals surface area contributed by atoms with Crippen LogP contribution in [0.25, 0.3) is 5.70 Å². The third kappa shape index (κ3) is 1.18. The minimum Gasteiger partial charge on any atom is -0.385 e. The fraction of sp³-hybridized carbons (Fsp3) is 0.333. The maximum Gasteiger partial charge on any atom is 0.101 e. The average Bonchev–Trinajstić information content (AvgIpc) is 2.58. The Balaban J connectivity index is 2.21. The summed E-state index contributed by atoms with van der Waals surface area (Å²) in [4.78, 5) is 3.09. The molecule has 0 saturated heterocycles. The van der Waals surface area contributed by atoms with Crippen molar-refractivity contribution in [3.63, 3.8) is 0 Å². The molecule has 0 bridgehead atoms. The molecule has 1 unspecified atom stereocenters. The Bertz CT molecular complexity index is 311. The topological polar surface area (TPSA) is 53.8 Å². The molecule has 12 heavy (non-hydrogen) atoms. The maximum atomic E-state index is 5.57. The summed E-state index contributed by atoms with van der Waals surface area (Å²) in [7, 11) is 0. The van der Waals surface area contributed by atoms with Crippen molar-refractivity contribution in [1.82, 2.24) is 10.3 Å². The molecule has 64 valence electrons. The molecule has 0 saturated carbocycles. The highest BCUT2D eigenvalue weighted by molar-refractivity contribution is 5.65. The summed E-state index contributed by atoms with van der Waals surface area (Å²) >= 11 is 0. The van der Waals surface area contributed by atoms with Gasteiger partial charge in [0.25, 0.3) is 0 Å². The molecule has 1 atom stereocenters. The van der Waals surface area contributed by atoms with Gasteiger partial charge in [-0.05, 0) is 25.5 Å². The molecule has 0 amide bonds. The Labute approximate surface area is 71.7 Å². The van der Waals surface area contributed by atoms with E-state index in [1.165, 1.54) is 5.70 Å². The van der Waals surface area contributed by atoms with Crippen LogP contribution in [-0.2, 0) is 0 Å². The summed E-state index contributed by atoms with van der Waals surface area (Å²) < 4.78 is 0. The van der Waals surface area contributed by atoms with Crippen LogP contribution in [0.2, 0.25) is 0 Å². The monoisotopic (exact) mass is 163 g/mol. The van der Waals surface area contributed by atoms with Gasteiger partial charge in [-0.15, -0.1) is 0 Å². The second-order valence-electron chi connectivity index (χ2n) is 3.23. The number of nitrogens with two attached hydrogens (primary N) is 1. The minimum atomic E-state index is 0.546. The largest absolute Gasteiger partial charge is 0.385 e. The van der Waals surface area contributed by atoms with Gasteiger partial charge in [-0.1, -0.05) is 6.08 Å². The molecule has 0 radical (unpaired) electrons. The molecular weight excluding hydrogens is 150 g/mol. The van der Waals surface area contributed by atoms with Crippen molar-refractivity contribution in [2.75, 3.05) is 5.73 Å². The van der Waals surface area contributed by atoms with Crippen LogP contribution in [-0.4, -0.2) is 11.0 Å². The van der Waals surface area contributed by atoms with E-state index in [4.69, 9.17) is 5.73 Å². The summed E-state index contributed by atoms with van der Waals surface area (Å²) in [6.45, 7) is 2.16. The molecule has 3 nitrogen and oxygen atoms in total. The van der Waals surface area contributed by atoms with Crippen LogP contribution in [0.15, 0.2) is 18.2 Å². The molecule has 2 rings (SSSR count). The smallest absolute Gasteiger partial charge is 0.101 e. The van der Waals surface area contributed by atoms with Crippen molar-refractivity contribution >= 4 is 11.5 Å². The molecule has 0 fully saturated rings. The second-order valence-corrected chi connectivity index (χ2v) is 3.23. The van der Waals surface area contributed by atoms with Crippen LogP contribution in [0.4, 0.5) is 5.82 Å². The molecular formula is C9H13N3. The van der Waals surface area contributed by atoms with Crippen molar-refractivity contribution in [1.29, 1.82) is 0 Å². The highest BCUT2D eigenvalue weighted by Crippen LogP contribution is 2.19. The molecule has 2 heterocycles. The summed E-state index contributed by atoms with van der Waals surface area (Å²) in [6.07, 6.45) is 3.28. The van der Waals surface area contributed by atoms with Crippen molar-refractivity contribution in [2.45, 2.75) is 19.4 Å². The standard InChI is InChI=1S/C9H13N3/c1-6-2-3-7(11-6)8-4-5-9(10)12-8/h3-6,11-12H,2,10H2,1H3. The Hall–Kier alpha value is -1.38. The predicted octanol–water partition coefficient (Wildman–Crippen LogP) is 1.32. The van der Waals surface area contributed by atoms with Gasteiger partial charge in [-0.25, -0.2) is 0 Å². The van der Waals surface area contributed by atoms with Crippen LogP contribution in [0.5, 0.6) is 0 Å². The molecule has 4 N–H and O–H groups in total. The van der Waals surface area contributed by atoms with Crippen molar-refractivity contribution in [3.8, 4) is 0 Å². The second kappa shape index (κ2) is 2.59. The first kappa shape index (κ1) is 7.28. The zero-order valence-electron chi connectivity index (χ0n) is 7.09. The van der Waals surface area contributed by atoms with E-state index < -0.39 is 0 Å². The number of nitrogen functional groups attached to an aromatic ring is 1. The number of anilines is 1. The lowest BCUT2D eigenvalue weighted by molar-refractivity contribution is 0.698. The van der Waals surface area contributed by atoms with Gasteiger partial charge in [-0.2, -0.15) is 0 Å². The first-order valence-corrected chi connectivity index (χ1v) is 4.17. The third-order valence-corrected chi connectivity index (χ3v) is 2.08. The summed E-state index contributed by atoms with van der Waals surface area (Å²) in [5.41, 5.74) is 7.82. The fourth-order valence-corrected chi connectivity index (χ4v) is 1.43. The quantitative estimate of drug-likeness (QED) is 0.585. The number of H-pyrrole nitrogens is 1. The van der Waals surface area contributed by atoms with E-state index in [1.807, 2.05) is 12.1 Å². The molecule has 0 aliphatic carbocycles. The van der Waals surface area contributed by atoms with Crippen LogP contribution in [0.3, 0.4) is 0 Å². The number of rotatable bonds is 1. The van der Waals surface area contributed by atoms with E-state index in [1.54, 1.807) is 0 Å². The maximum absolute atomic E-state index is 5.57. The van der Waals surface area contributed by atoms with Gasteiger partial charge in [0.1, 0.15) is 5.82 Å². The highest BCUT2D eigenvalue weighted by atomic mass is 15.0. The number of nitrogens with one attached hydrogen (secondary N) is 2. The first-order valence-electron chi connectivity index (χ1n) is 4.17. The van der Waals surface area contributed by atoms with Crippen LogP contribution in [0, 0.1) is 0 Å². The summed E-state index contributed by atoms with van der Waals surface area (Å²) in [5, 5.41) is 3.36. The Morgan fingerprint density at radius 2 is 2.33 bits per heavy atom. The minimum absolute atomic E-state index is 0.546. The van der Waals surface area contributed by atoms with Gasteiger partial charge in [0.15, 0.2) is 0 Å². The number of aromatic amines is 1. The fourth-order valence-electron chi connectivity index (χ4n) is 1.43. The Morgan fingerprint density at radius 3 is 2.83 bits per heavy atom. The van der Waals surface area contributed by atoms with Gasteiger partial charge < -0.3 is 16.0 Å². The molecule has 3 heteroatoms. The van der Waals surface area contributed by atoms with Crippen molar-refractivity contribution in [3.05, 3.63) is 23.9 Å². The van der Waals surface area contributed by atoms with Gasteiger partial charge in [-0.3, -0.25) is 0 Å². The molecule has 0 aromatic carbocycles. The predicted molar refractivity (Wildman–Crippen MR) is 50.4 cm³/mol. The average molecular weight is 163 g/mol. The number of hydrogen-bond donors (Lipinski definition) is 3. The van der Waals surface area contributed by atoms with Gasteiger partial charge >= 0.3 is 0 Å². The lowest BCUT2D eigenvalue weighted by Gasteiger charge is -2.06.